The quantitative estimate of drug-likeness (QED) is 0.0999. The van der Waals surface area contributed by atoms with Crippen molar-refractivity contribution in [1.82, 2.24) is 24.4 Å². The average molecular weight is 563 g/mol. The highest BCUT2D eigenvalue weighted by molar-refractivity contribution is 5.82. The predicted octanol–water partition coefficient (Wildman–Crippen LogP) is 0.349. The van der Waals surface area contributed by atoms with E-state index in [1.54, 1.807) is 0 Å². The number of aryl methyl sites for hydroxylation is 1. The summed E-state index contributed by atoms with van der Waals surface area (Å²) in [5.41, 5.74) is 0.774. The van der Waals surface area contributed by atoms with E-state index < -0.39 is 48.5 Å². The number of carbonyl (C=O) groups excluding carboxylic acids is 2. The molecule has 0 aliphatic carbocycles. The van der Waals surface area contributed by atoms with Crippen LogP contribution in [0.4, 0.5) is 15.0 Å². The molecule has 1 saturated heterocycles. The number of nitrogens with two attached hydrogens (primary N) is 1. The first-order valence-corrected chi connectivity index (χ1v) is 11.9. The fraction of sp³-hybridized carbons (Fsp3) is 0.478. The Kier molecular flexibility index (Phi) is 8.32. The van der Waals surface area contributed by atoms with Crippen molar-refractivity contribution in [3.63, 3.8) is 0 Å². The number of anilines is 1. The lowest BCUT2D eigenvalue weighted by molar-refractivity contribution is -0.156. The van der Waals surface area contributed by atoms with Crippen LogP contribution < -0.4 is 17.1 Å². The zero-order chi connectivity index (χ0) is 29.0. The third kappa shape index (κ3) is 5.88. The molecule has 1 fully saturated rings. The smallest absolute Gasteiger partial charge is 0.461 e. The number of carbonyl (C=O) groups is 2. The molecule has 0 radical (unpaired) electrons. The molecule has 0 bridgehead atoms. The van der Waals surface area contributed by atoms with Gasteiger partial charge in [-0.3, -0.25) is 9.36 Å². The highest BCUT2D eigenvalue weighted by Crippen LogP contribution is 2.38. The fourth-order valence-corrected chi connectivity index (χ4v) is 3.98. The summed E-state index contributed by atoms with van der Waals surface area (Å²) in [6.45, 7) is 0.894. The van der Waals surface area contributed by atoms with Crippen molar-refractivity contribution in [1.29, 1.82) is 0 Å². The van der Waals surface area contributed by atoms with Gasteiger partial charge in [0.2, 0.25) is 0 Å². The number of aromatic nitrogens is 4. The lowest BCUT2D eigenvalue weighted by atomic mass is 9.99. The molecule has 4 heterocycles. The molecule has 40 heavy (non-hydrogen) atoms. The molecule has 1 aliphatic rings. The number of hydrazine groups is 1. The molecule has 214 valence electrons. The van der Waals surface area contributed by atoms with Gasteiger partial charge < -0.3 is 38.5 Å². The van der Waals surface area contributed by atoms with Gasteiger partial charge in [-0.1, -0.05) is 5.92 Å². The fourth-order valence-electron chi connectivity index (χ4n) is 3.98. The van der Waals surface area contributed by atoms with Crippen molar-refractivity contribution in [2.24, 2.45) is 5.84 Å². The lowest BCUT2D eigenvalue weighted by Crippen LogP contribution is -2.43. The zero-order valence-electron chi connectivity index (χ0n) is 21.5. The molecule has 1 amide bonds. The van der Waals surface area contributed by atoms with Crippen LogP contribution in [0.1, 0.15) is 37.0 Å². The maximum Gasteiger partial charge on any atom is 0.519 e. The number of aliphatic hydroxyl groups excluding tert-OH is 1. The molecular formula is C23H26FN7O9. The predicted molar refractivity (Wildman–Crippen MR) is 130 cm³/mol. The molecule has 0 aromatic carbocycles. The number of nitrogens with zero attached hydrogens (tertiary/aromatic N) is 5. The lowest BCUT2D eigenvalue weighted by Gasteiger charge is -2.26. The first kappa shape index (κ1) is 28.5. The van der Waals surface area contributed by atoms with Gasteiger partial charge in [0.25, 0.3) is 0 Å². The van der Waals surface area contributed by atoms with Crippen molar-refractivity contribution in [2.75, 3.05) is 25.6 Å². The van der Waals surface area contributed by atoms with E-state index in [1.807, 2.05) is 0 Å². The highest BCUT2D eigenvalue weighted by Gasteiger charge is 2.49. The van der Waals surface area contributed by atoms with E-state index in [4.69, 9.17) is 35.3 Å². The van der Waals surface area contributed by atoms with Crippen molar-refractivity contribution >= 4 is 29.0 Å². The summed E-state index contributed by atoms with van der Waals surface area (Å²) in [5, 5.41) is 10.7. The Hall–Kier alpha value is -4.53. The second-order valence-electron chi connectivity index (χ2n) is 8.84. The number of nitrogens with one attached hydrogen (secondary N) is 1. The first-order chi connectivity index (χ1) is 19.1. The van der Waals surface area contributed by atoms with Crippen LogP contribution in [0.3, 0.4) is 0 Å². The molecule has 3 aromatic rings. The molecule has 17 heteroatoms. The van der Waals surface area contributed by atoms with Gasteiger partial charge in [-0.15, -0.1) is 6.42 Å². The van der Waals surface area contributed by atoms with Crippen molar-refractivity contribution in [2.45, 2.75) is 50.7 Å². The second kappa shape index (κ2) is 11.7. The van der Waals surface area contributed by atoms with Crippen molar-refractivity contribution < 1.29 is 42.1 Å². The van der Waals surface area contributed by atoms with Crippen LogP contribution in [0, 0.1) is 25.3 Å². The van der Waals surface area contributed by atoms with Gasteiger partial charge in [0.15, 0.2) is 40.7 Å². The molecule has 4 N–H and O–H groups in total. The summed E-state index contributed by atoms with van der Waals surface area (Å²) in [5.74, 6) is 6.43. The Bertz CT molecular complexity index is 1500. The van der Waals surface area contributed by atoms with Gasteiger partial charge in [-0.2, -0.15) is 14.4 Å². The number of fused-ring (bicyclic) bond motifs is 1. The molecule has 3 aromatic heterocycles. The largest absolute Gasteiger partial charge is 0.519 e. The van der Waals surface area contributed by atoms with Gasteiger partial charge in [0.05, 0.1) is 6.33 Å². The molecular weight excluding hydrogens is 537 g/mol. The van der Waals surface area contributed by atoms with Crippen LogP contribution in [-0.2, 0) is 25.6 Å². The summed E-state index contributed by atoms with van der Waals surface area (Å²) in [6.07, 6.45) is 3.16. The summed E-state index contributed by atoms with van der Waals surface area (Å²) in [7, 11) is 1.46. The highest BCUT2D eigenvalue weighted by atomic mass is 19.1. The summed E-state index contributed by atoms with van der Waals surface area (Å²) in [4.78, 5) is 48.1. The number of terminal acetylenes is 1. The monoisotopic (exact) mass is 563 g/mol. The Morgan fingerprint density at radius 2 is 2.17 bits per heavy atom. The molecule has 4 rings (SSSR count). The average Bonchev–Trinajstić information content (AvgIpc) is 3.59. The number of hydrogen-bond acceptors (Lipinski definition) is 14. The van der Waals surface area contributed by atoms with E-state index in [0.717, 1.165) is 0 Å². The number of amides is 1. The van der Waals surface area contributed by atoms with E-state index >= 15 is 0 Å². The maximum atomic E-state index is 13.9. The second-order valence-corrected chi connectivity index (χ2v) is 8.84. The van der Waals surface area contributed by atoms with Crippen molar-refractivity contribution in [3.8, 4) is 12.3 Å². The van der Waals surface area contributed by atoms with Crippen LogP contribution in [-0.4, -0.2) is 73.5 Å². The number of ether oxygens (including phenoxy) is 3. The SMILES string of the molecule is C#C[C@]1(COC(=O)CCCN(C)C(=O)OCc2oc(=O)oc2C)O[C@@H](n2cnc3c(NN)nc(F)nc32)C[C@@H]1O. The summed E-state index contributed by atoms with van der Waals surface area (Å²) in [6, 6.07) is 0. The van der Waals surface area contributed by atoms with E-state index in [-0.39, 0.29) is 60.9 Å². The first-order valence-electron chi connectivity index (χ1n) is 11.9. The Morgan fingerprint density at radius 1 is 1.40 bits per heavy atom. The summed E-state index contributed by atoms with van der Waals surface area (Å²) < 4.78 is 40.9. The Balaban J connectivity index is 1.27. The number of imidazole rings is 1. The minimum absolute atomic E-state index is 0.0289. The number of hydrogen-bond donors (Lipinski definition) is 3. The third-order valence-electron chi connectivity index (χ3n) is 6.19. The number of esters is 1. The van der Waals surface area contributed by atoms with Crippen LogP contribution >= 0.6 is 0 Å². The number of halogens is 1. The van der Waals surface area contributed by atoms with Crippen molar-refractivity contribution in [3.05, 3.63) is 34.5 Å². The molecule has 16 nitrogen and oxygen atoms in total. The van der Waals surface area contributed by atoms with E-state index in [2.05, 4.69) is 26.3 Å². The Labute approximate surface area is 225 Å². The number of aliphatic hydroxyl groups is 1. The number of rotatable bonds is 10. The summed E-state index contributed by atoms with van der Waals surface area (Å²) >= 11 is 0. The minimum Gasteiger partial charge on any atom is -0.461 e. The molecule has 3 atom stereocenters. The number of nitrogen functional groups attached to an aromatic ring is 1. The standard InChI is InChI=1S/C23H26FN7O9/c1-4-23(14(32)8-15(40-23)31-11-26-17-18(29-25)27-20(24)28-19(17)31)10-37-16(33)6-5-7-30(3)21(34)36-9-13-12(2)38-22(35)39-13/h1,11,14-15,32H,5-10,25H2,2-3H3,(H,27,28,29)/t14-,15+,23+/m0/s1. The topological polar surface area (TPSA) is 210 Å². The van der Waals surface area contributed by atoms with Gasteiger partial charge in [-0.25, -0.2) is 20.4 Å². The van der Waals surface area contributed by atoms with Gasteiger partial charge in [0.1, 0.15) is 18.9 Å². The molecule has 1 aliphatic heterocycles. The normalized spacial score (nSPS) is 20.3. The van der Waals surface area contributed by atoms with Crippen LogP contribution in [0.15, 0.2) is 20.0 Å². The van der Waals surface area contributed by atoms with Crippen LogP contribution in [0.5, 0.6) is 0 Å². The Morgan fingerprint density at radius 3 is 2.85 bits per heavy atom. The minimum atomic E-state index is -1.68. The van der Waals surface area contributed by atoms with Gasteiger partial charge >= 0.3 is 24.0 Å². The van der Waals surface area contributed by atoms with Crippen LogP contribution in [0.2, 0.25) is 0 Å². The third-order valence-corrected chi connectivity index (χ3v) is 6.19. The van der Waals surface area contributed by atoms with Crippen LogP contribution in [0.25, 0.3) is 11.2 Å². The molecule has 0 unspecified atom stereocenters. The van der Waals surface area contributed by atoms with Gasteiger partial charge in [-0.05, 0) is 13.3 Å². The molecule has 0 saturated carbocycles. The van der Waals surface area contributed by atoms with Gasteiger partial charge in [0, 0.05) is 26.4 Å². The van der Waals surface area contributed by atoms with E-state index in [9.17, 15) is 23.9 Å². The van der Waals surface area contributed by atoms with E-state index in [1.165, 1.54) is 29.8 Å². The van der Waals surface area contributed by atoms with E-state index in [0.29, 0.717) is 0 Å². The molecule has 0 spiro atoms. The zero-order valence-corrected chi connectivity index (χ0v) is 21.5. The maximum absolute atomic E-state index is 13.9.